The number of hydrogen-bond acceptors (Lipinski definition) is 14. The fourth-order valence-corrected chi connectivity index (χ4v) is 6.36. The number of nitrogens with zero attached hydrogens (tertiary/aromatic N) is 7. The van der Waals surface area contributed by atoms with E-state index in [0.717, 1.165) is 60.6 Å². The maximum atomic E-state index is 10.2. The van der Waals surface area contributed by atoms with Crippen molar-refractivity contribution >= 4 is 65.3 Å². The van der Waals surface area contributed by atoms with Gasteiger partial charge in [0.25, 0.3) is 0 Å². The largest absolute Gasteiger partial charge is 0.240 e. The van der Waals surface area contributed by atoms with Crippen LogP contribution in [0.2, 0.25) is 0 Å². The van der Waals surface area contributed by atoms with Gasteiger partial charge in [0.1, 0.15) is 0 Å². The van der Waals surface area contributed by atoms with Crippen molar-refractivity contribution in [2.75, 3.05) is 6.54 Å². The molecule has 0 atom stereocenters. The minimum atomic E-state index is 0.228. The third kappa shape index (κ3) is 18.4. The number of hydrogen-bond donors (Lipinski definition) is 0. The van der Waals surface area contributed by atoms with E-state index in [-0.39, 0.29) is 12.1 Å². The molecule has 2 aliphatic rings. The summed E-state index contributed by atoms with van der Waals surface area (Å²) in [6, 6.07) is 20.0. The number of aryl methyl sites for hydroxylation is 1. The molecule has 0 bridgehead atoms. The van der Waals surface area contributed by atoms with Crippen LogP contribution in [0.3, 0.4) is 0 Å². The number of aliphatic imine (C=N–C) groups is 7. The summed E-state index contributed by atoms with van der Waals surface area (Å²) in [5, 5.41) is 0. The van der Waals surface area contributed by atoms with Crippen LogP contribution in [0.15, 0.2) is 102 Å². The highest BCUT2D eigenvalue weighted by atomic mass is 16.1. The highest BCUT2D eigenvalue weighted by Crippen LogP contribution is 2.36. The Morgan fingerprint density at radius 1 is 0.500 bits per heavy atom. The van der Waals surface area contributed by atoms with E-state index in [1.807, 2.05) is 24.3 Å². The van der Waals surface area contributed by atoms with E-state index >= 15 is 0 Å². The summed E-state index contributed by atoms with van der Waals surface area (Å²) in [5.74, 6) is 1.60. The first-order valence-electron chi connectivity index (χ1n) is 18.1. The maximum absolute atomic E-state index is 10.2. The zero-order valence-electron chi connectivity index (χ0n) is 31.4. The van der Waals surface area contributed by atoms with E-state index in [4.69, 9.17) is 4.79 Å². The average Bonchev–Trinajstić information content (AvgIpc) is 3.21. The Morgan fingerprint density at radius 2 is 0.911 bits per heavy atom. The zero-order chi connectivity index (χ0) is 40.8. The molecule has 0 radical (unpaired) electrons. The van der Waals surface area contributed by atoms with Crippen LogP contribution in [0.5, 0.6) is 0 Å². The minimum absolute atomic E-state index is 0.228. The Morgan fingerprint density at radius 3 is 1.25 bits per heavy atom. The molecule has 0 N–H and O–H groups in total. The normalized spacial score (nSPS) is 17.5. The minimum Gasteiger partial charge on any atom is -0.211 e. The van der Waals surface area contributed by atoms with E-state index < -0.39 is 0 Å². The number of rotatable bonds is 11. The van der Waals surface area contributed by atoms with Crippen molar-refractivity contribution in [3.63, 3.8) is 0 Å². The first-order valence-corrected chi connectivity index (χ1v) is 18.1. The van der Waals surface area contributed by atoms with Gasteiger partial charge in [-0.25, -0.2) is 48.5 Å². The lowest BCUT2D eigenvalue weighted by Gasteiger charge is -2.31. The smallest absolute Gasteiger partial charge is 0.211 e. The molecule has 14 nitrogen and oxygen atoms in total. The third-order valence-corrected chi connectivity index (χ3v) is 9.14. The van der Waals surface area contributed by atoms with Crippen LogP contribution in [-0.2, 0) is 40.0 Å². The summed E-state index contributed by atoms with van der Waals surface area (Å²) in [4.78, 5) is 94.5. The first-order chi connectivity index (χ1) is 27.3. The van der Waals surface area contributed by atoms with Crippen molar-refractivity contribution in [2.24, 2.45) is 46.8 Å². The van der Waals surface area contributed by atoms with Crippen LogP contribution in [0.25, 0.3) is 0 Å². The second kappa shape index (κ2) is 27.9. The van der Waals surface area contributed by atoms with Crippen molar-refractivity contribution in [1.82, 2.24) is 0 Å². The van der Waals surface area contributed by atoms with Gasteiger partial charge in [0.05, 0.1) is 34.8 Å². The van der Waals surface area contributed by atoms with E-state index in [1.54, 1.807) is 68.5 Å². The van der Waals surface area contributed by atoms with Crippen LogP contribution in [-0.4, -0.2) is 61.2 Å². The number of isocyanates is 7. The molecule has 0 heterocycles. The summed E-state index contributed by atoms with van der Waals surface area (Å²) in [6.07, 6.45) is 21.7. The standard InChI is InChI=1S/C15H22N2O2.C15H10N2O2.C9H6N2O2.C3H5NO/c2*18-10-16-14-5-1-12(2-6-14)9-13-3-7-15(8-4-13)17-11-19;1-7-4-8(10-5-12)2-3-9(7)11-6-13;1-2-4-3-5/h12-15H,1-9H2;1-8H,9H2;2-4H,1H3;2H2,1H3. The van der Waals surface area contributed by atoms with Gasteiger partial charge in [0.15, 0.2) is 0 Å². The van der Waals surface area contributed by atoms with Gasteiger partial charge in [-0.05, 0) is 149 Å². The average molecular weight is 758 g/mol. The summed E-state index contributed by atoms with van der Waals surface area (Å²) in [7, 11) is 0. The molecule has 3 aromatic carbocycles. The molecule has 2 fully saturated rings. The van der Waals surface area contributed by atoms with Crippen molar-refractivity contribution < 1.29 is 33.6 Å². The van der Waals surface area contributed by atoms with Crippen molar-refractivity contribution in [2.45, 2.75) is 90.1 Å². The number of carbonyl (C=O) groups excluding carboxylic acids is 7. The van der Waals surface area contributed by atoms with Gasteiger partial charge in [-0.3, -0.25) is 0 Å². The fraction of sp³-hybridized carbons (Fsp3) is 0.405. The summed E-state index contributed by atoms with van der Waals surface area (Å²) >= 11 is 0. The zero-order valence-corrected chi connectivity index (χ0v) is 31.4. The lowest BCUT2D eigenvalue weighted by Crippen LogP contribution is -2.23. The molecule has 0 aliphatic heterocycles. The van der Waals surface area contributed by atoms with Gasteiger partial charge >= 0.3 is 0 Å². The number of benzene rings is 3. The molecule has 56 heavy (non-hydrogen) atoms. The third-order valence-electron chi connectivity index (χ3n) is 9.14. The molecule has 0 unspecified atom stereocenters. The predicted octanol–water partition coefficient (Wildman–Crippen LogP) is 8.65. The lowest BCUT2D eigenvalue weighted by molar-refractivity contribution is 0.226. The Kier molecular flexibility index (Phi) is 22.6. The molecule has 3 aromatic rings. The van der Waals surface area contributed by atoms with E-state index in [1.165, 1.54) is 62.5 Å². The first kappa shape index (κ1) is 45.5. The van der Waals surface area contributed by atoms with Crippen LogP contribution < -0.4 is 0 Å². The molecule has 0 aromatic heterocycles. The van der Waals surface area contributed by atoms with E-state index in [0.29, 0.717) is 29.3 Å². The van der Waals surface area contributed by atoms with E-state index in [2.05, 4.69) is 34.9 Å². The van der Waals surface area contributed by atoms with E-state index in [9.17, 15) is 28.8 Å². The monoisotopic (exact) mass is 757 g/mol. The Hall–Kier alpha value is -6.68. The Balaban J connectivity index is 0.000000278. The summed E-state index contributed by atoms with van der Waals surface area (Å²) < 4.78 is 0. The molecule has 0 amide bonds. The van der Waals surface area contributed by atoms with Gasteiger partial charge in [0, 0.05) is 6.54 Å². The molecule has 288 valence electrons. The molecular weight excluding hydrogens is 715 g/mol. The van der Waals surface area contributed by atoms with Gasteiger partial charge in [-0.15, -0.1) is 0 Å². The van der Waals surface area contributed by atoms with Crippen molar-refractivity contribution in [3.8, 4) is 0 Å². The quantitative estimate of drug-likeness (QED) is 0.137. The van der Waals surface area contributed by atoms with Crippen LogP contribution in [0, 0.1) is 18.8 Å². The topological polar surface area (TPSA) is 206 Å². The summed E-state index contributed by atoms with van der Waals surface area (Å²) in [5.41, 5.74) is 5.19. The predicted molar refractivity (Wildman–Crippen MR) is 209 cm³/mol. The van der Waals surface area contributed by atoms with Gasteiger partial charge in [-0.1, -0.05) is 24.3 Å². The summed E-state index contributed by atoms with van der Waals surface area (Å²) in [6.45, 7) is 4.09. The molecule has 2 aliphatic carbocycles. The molecule has 0 saturated heterocycles. The lowest BCUT2D eigenvalue weighted by atomic mass is 9.76. The Bertz CT molecular complexity index is 1910. The molecule has 14 heteroatoms. The maximum Gasteiger partial charge on any atom is 0.240 e. The van der Waals surface area contributed by atoms with Gasteiger partial charge in [-0.2, -0.15) is 20.0 Å². The molecular formula is C42H43N7O7. The van der Waals surface area contributed by atoms with Gasteiger partial charge in [0.2, 0.25) is 42.6 Å². The van der Waals surface area contributed by atoms with Gasteiger partial charge < -0.3 is 0 Å². The van der Waals surface area contributed by atoms with Crippen molar-refractivity contribution in [1.29, 1.82) is 0 Å². The molecule has 2 saturated carbocycles. The molecule has 5 rings (SSSR count). The highest BCUT2D eigenvalue weighted by molar-refractivity contribution is 5.60. The van der Waals surface area contributed by atoms with Crippen LogP contribution in [0.1, 0.15) is 81.4 Å². The molecule has 0 spiro atoms. The second-order valence-electron chi connectivity index (χ2n) is 12.9. The fourth-order valence-electron chi connectivity index (χ4n) is 6.36. The SMILES string of the molecule is CCN=C=O.Cc1cc(N=C=O)ccc1N=C=O.O=C=NC1CCC(CC2CCC(N=C=O)CC2)CC1.O=C=Nc1ccc(Cc2ccc(N=C=O)cc2)cc1. The highest BCUT2D eigenvalue weighted by Gasteiger charge is 2.26. The Labute approximate surface area is 325 Å². The second-order valence-corrected chi connectivity index (χ2v) is 12.9. The van der Waals surface area contributed by atoms with Crippen molar-refractivity contribution in [3.05, 3.63) is 83.4 Å². The van der Waals surface area contributed by atoms with Crippen LogP contribution in [0.4, 0.5) is 22.7 Å². The van der Waals surface area contributed by atoms with Crippen LogP contribution >= 0.6 is 0 Å².